The summed E-state index contributed by atoms with van der Waals surface area (Å²) in [4.78, 5) is 14.0. The van der Waals surface area contributed by atoms with Crippen LogP contribution in [0.1, 0.15) is 27.2 Å². The van der Waals surface area contributed by atoms with Gasteiger partial charge in [0.2, 0.25) is 0 Å². The number of nitrogens with zero attached hydrogens (tertiary/aromatic N) is 1. The van der Waals surface area contributed by atoms with Crippen molar-refractivity contribution in [3.05, 3.63) is 16.0 Å². The summed E-state index contributed by atoms with van der Waals surface area (Å²) in [7, 11) is 3.21. The molecule has 0 bridgehead atoms. The number of hydrogen-bond acceptors (Lipinski definition) is 3. The molecule has 0 aliphatic heterocycles. The summed E-state index contributed by atoms with van der Waals surface area (Å²) in [5, 5.41) is 0.325. The average molecular weight is 292 g/mol. The van der Waals surface area contributed by atoms with Crippen molar-refractivity contribution < 1.29 is 18.0 Å². The van der Waals surface area contributed by atoms with Gasteiger partial charge in [0.25, 0.3) is 5.91 Å². The molecule has 7 heteroatoms. The third-order valence-electron chi connectivity index (χ3n) is 3.38. The van der Waals surface area contributed by atoms with Gasteiger partial charge in [0.15, 0.2) is 0 Å². The Balaban J connectivity index is 2.35. The van der Waals surface area contributed by atoms with Crippen LogP contribution in [0.3, 0.4) is 0 Å². The SMILES string of the molecule is CN(C)C(=O)c1c(N)sc2c1CCC(C(F)(F)F)C2. The molecule has 19 heavy (non-hydrogen) atoms. The van der Waals surface area contributed by atoms with Crippen molar-refractivity contribution in [2.75, 3.05) is 19.8 Å². The van der Waals surface area contributed by atoms with Gasteiger partial charge >= 0.3 is 6.18 Å². The van der Waals surface area contributed by atoms with E-state index in [4.69, 9.17) is 5.73 Å². The largest absolute Gasteiger partial charge is 0.392 e. The third kappa shape index (κ3) is 2.56. The molecule has 1 heterocycles. The number of hydrogen-bond donors (Lipinski definition) is 1. The lowest BCUT2D eigenvalue weighted by Crippen LogP contribution is -2.29. The molecule has 0 aromatic carbocycles. The highest BCUT2D eigenvalue weighted by atomic mass is 32.1. The molecule has 0 saturated heterocycles. The lowest BCUT2D eigenvalue weighted by molar-refractivity contribution is -0.176. The van der Waals surface area contributed by atoms with Crippen molar-refractivity contribution in [2.45, 2.75) is 25.4 Å². The molecule has 0 spiro atoms. The summed E-state index contributed by atoms with van der Waals surface area (Å²) >= 11 is 1.11. The summed E-state index contributed by atoms with van der Waals surface area (Å²) in [6.45, 7) is 0. The van der Waals surface area contributed by atoms with Crippen molar-refractivity contribution in [2.24, 2.45) is 5.92 Å². The van der Waals surface area contributed by atoms with Gasteiger partial charge in [-0.15, -0.1) is 11.3 Å². The van der Waals surface area contributed by atoms with Crippen LogP contribution >= 0.6 is 11.3 Å². The fraction of sp³-hybridized carbons (Fsp3) is 0.583. The fourth-order valence-corrected chi connectivity index (χ4v) is 3.53. The molecule has 1 unspecified atom stereocenters. The van der Waals surface area contributed by atoms with Crippen LogP contribution in [0.5, 0.6) is 0 Å². The van der Waals surface area contributed by atoms with Crippen LogP contribution in [-0.2, 0) is 12.8 Å². The van der Waals surface area contributed by atoms with Crippen molar-refractivity contribution >= 4 is 22.2 Å². The summed E-state index contributed by atoms with van der Waals surface area (Å²) < 4.78 is 38.2. The number of rotatable bonds is 1. The molecule has 1 aromatic rings. The zero-order chi connectivity index (χ0) is 14.4. The average Bonchev–Trinajstić information content (AvgIpc) is 2.61. The van der Waals surface area contributed by atoms with E-state index in [0.717, 1.165) is 11.3 Å². The van der Waals surface area contributed by atoms with Gasteiger partial charge in [0.1, 0.15) is 0 Å². The zero-order valence-corrected chi connectivity index (χ0v) is 11.5. The maximum Gasteiger partial charge on any atom is 0.392 e. The molecular formula is C12H15F3N2OS. The van der Waals surface area contributed by atoms with Crippen LogP contribution < -0.4 is 5.73 Å². The molecule has 2 N–H and O–H groups in total. The molecule has 2 rings (SSSR count). The van der Waals surface area contributed by atoms with Gasteiger partial charge in [-0.1, -0.05) is 0 Å². The lowest BCUT2D eigenvalue weighted by atomic mass is 9.86. The first kappa shape index (κ1) is 14.2. The van der Waals surface area contributed by atoms with Gasteiger partial charge in [-0.05, 0) is 24.8 Å². The van der Waals surface area contributed by atoms with Crippen molar-refractivity contribution in [1.29, 1.82) is 0 Å². The Morgan fingerprint density at radius 2 is 2.05 bits per heavy atom. The number of nitrogen functional groups attached to an aromatic ring is 1. The molecule has 3 nitrogen and oxygen atoms in total. The predicted octanol–water partition coefficient (Wildman–Crippen LogP) is 2.70. The number of nitrogens with two attached hydrogens (primary N) is 1. The number of fused-ring (bicyclic) bond motifs is 1. The highest BCUT2D eigenvalue weighted by molar-refractivity contribution is 7.16. The fourth-order valence-electron chi connectivity index (χ4n) is 2.34. The van der Waals surface area contributed by atoms with E-state index in [0.29, 0.717) is 21.0 Å². The Bertz CT molecular complexity index is 508. The Hall–Kier alpha value is -1.24. The highest BCUT2D eigenvalue weighted by Gasteiger charge is 2.42. The van der Waals surface area contributed by atoms with Crippen LogP contribution in [0.4, 0.5) is 18.2 Å². The lowest BCUT2D eigenvalue weighted by Gasteiger charge is -2.25. The quantitative estimate of drug-likeness (QED) is 0.865. The number of amides is 1. The minimum absolute atomic E-state index is 0.0282. The highest BCUT2D eigenvalue weighted by Crippen LogP contribution is 2.43. The van der Waals surface area contributed by atoms with E-state index < -0.39 is 12.1 Å². The van der Waals surface area contributed by atoms with E-state index in [-0.39, 0.29) is 25.2 Å². The number of thiophene rings is 1. The minimum Gasteiger partial charge on any atom is -0.390 e. The second-order valence-corrected chi connectivity index (χ2v) is 6.06. The van der Waals surface area contributed by atoms with E-state index in [2.05, 4.69) is 0 Å². The smallest absolute Gasteiger partial charge is 0.390 e. The molecule has 0 saturated carbocycles. The van der Waals surface area contributed by atoms with E-state index in [1.807, 2.05) is 0 Å². The summed E-state index contributed by atoms with van der Waals surface area (Å²) in [5.41, 5.74) is 6.91. The maximum absolute atomic E-state index is 12.7. The minimum atomic E-state index is -4.18. The van der Waals surface area contributed by atoms with Crippen molar-refractivity contribution in [3.8, 4) is 0 Å². The number of carbonyl (C=O) groups is 1. The first-order valence-electron chi connectivity index (χ1n) is 5.90. The monoisotopic (exact) mass is 292 g/mol. The van der Waals surface area contributed by atoms with Gasteiger partial charge in [-0.3, -0.25) is 4.79 Å². The van der Waals surface area contributed by atoms with Gasteiger partial charge in [-0.25, -0.2) is 0 Å². The molecule has 106 valence electrons. The van der Waals surface area contributed by atoms with Crippen LogP contribution in [-0.4, -0.2) is 31.1 Å². The second-order valence-electron chi connectivity index (χ2n) is 4.92. The standard InChI is InChI=1S/C12H15F3N2OS/c1-17(2)11(18)9-7-4-3-6(12(13,14)15)5-8(7)19-10(9)16/h6H,3-5,16H2,1-2H3. The van der Waals surface area contributed by atoms with Crippen molar-refractivity contribution in [1.82, 2.24) is 4.90 Å². The molecule has 0 fully saturated rings. The van der Waals surface area contributed by atoms with Gasteiger partial charge in [0, 0.05) is 19.0 Å². The topological polar surface area (TPSA) is 46.3 Å². The number of alkyl halides is 3. The van der Waals surface area contributed by atoms with E-state index in [9.17, 15) is 18.0 Å². The Kier molecular flexibility index (Phi) is 3.51. The first-order valence-corrected chi connectivity index (χ1v) is 6.71. The van der Waals surface area contributed by atoms with Gasteiger partial charge < -0.3 is 10.6 Å². The molecule has 1 aliphatic carbocycles. The molecule has 1 atom stereocenters. The van der Waals surface area contributed by atoms with E-state index in [1.165, 1.54) is 4.90 Å². The molecular weight excluding hydrogens is 277 g/mol. The van der Waals surface area contributed by atoms with Crippen LogP contribution in [0, 0.1) is 5.92 Å². The zero-order valence-electron chi connectivity index (χ0n) is 10.7. The number of halogens is 3. The number of anilines is 1. The molecule has 1 aromatic heterocycles. The molecule has 1 aliphatic rings. The Morgan fingerprint density at radius 3 is 2.58 bits per heavy atom. The summed E-state index contributed by atoms with van der Waals surface area (Å²) in [5.74, 6) is -1.55. The van der Waals surface area contributed by atoms with Crippen LogP contribution in [0.15, 0.2) is 0 Å². The van der Waals surface area contributed by atoms with Gasteiger partial charge in [-0.2, -0.15) is 13.2 Å². The maximum atomic E-state index is 12.7. The summed E-state index contributed by atoms with van der Waals surface area (Å²) in [6.07, 6.45) is -3.95. The van der Waals surface area contributed by atoms with Gasteiger partial charge in [0.05, 0.1) is 16.5 Å². The van der Waals surface area contributed by atoms with E-state index in [1.54, 1.807) is 14.1 Å². The van der Waals surface area contributed by atoms with E-state index >= 15 is 0 Å². The first-order chi connectivity index (χ1) is 8.71. The van der Waals surface area contributed by atoms with Crippen molar-refractivity contribution in [3.63, 3.8) is 0 Å². The second kappa shape index (κ2) is 4.70. The Morgan fingerprint density at radius 1 is 1.42 bits per heavy atom. The number of carbonyl (C=O) groups excluding carboxylic acids is 1. The normalized spacial score (nSPS) is 19.1. The molecule has 0 radical (unpaired) electrons. The Labute approximate surface area is 113 Å². The summed E-state index contributed by atoms with van der Waals surface area (Å²) in [6, 6.07) is 0. The van der Waals surface area contributed by atoms with Crippen LogP contribution in [0.25, 0.3) is 0 Å². The molecule has 1 amide bonds. The third-order valence-corrected chi connectivity index (χ3v) is 4.46. The predicted molar refractivity (Wildman–Crippen MR) is 68.3 cm³/mol. The van der Waals surface area contributed by atoms with Crippen LogP contribution in [0.2, 0.25) is 0 Å².